The first-order chi connectivity index (χ1) is 17.1. The molecule has 3 heterocycles. The van der Waals surface area contributed by atoms with Gasteiger partial charge in [0.25, 0.3) is 5.91 Å². The summed E-state index contributed by atoms with van der Waals surface area (Å²) in [6.07, 6.45) is 3.15. The third-order valence-electron chi connectivity index (χ3n) is 5.63. The van der Waals surface area contributed by atoms with E-state index in [0.717, 1.165) is 37.3 Å². The maximum Gasteiger partial charge on any atom is 0.255 e. The summed E-state index contributed by atoms with van der Waals surface area (Å²) in [6, 6.07) is 21.8. The van der Waals surface area contributed by atoms with Crippen LogP contribution < -0.4 is 16.4 Å². The Morgan fingerprint density at radius 3 is 2.77 bits per heavy atom. The molecule has 8 heteroatoms. The number of aryl methyl sites for hydroxylation is 1. The Kier molecular flexibility index (Phi) is 6.36. The maximum atomic E-state index is 12.8. The average molecular weight is 481 g/mol. The van der Waals surface area contributed by atoms with Gasteiger partial charge in [0.15, 0.2) is 0 Å². The second kappa shape index (κ2) is 9.90. The molecule has 5 aromatic rings. The van der Waals surface area contributed by atoms with E-state index in [1.54, 1.807) is 29.7 Å². The topological polar surface area (TPSA) is 106 Å². The summed E-state index contributed by atoms with van der Waals surface area (Å²) in [5.74, 6) is 0.864. The third-order valence-corrected chi connectivity index (χ3v) is 6.76. The Morgan fingerprint density at radius 2 is 1.89 bits per heavy atom. The number of nitrogens with one attached hydrogen (secondary N) is 2. The first kappa shape index (κ1) is 22.5. The number of pyridine rings is 1. The molecule has 0 atom stereocenters. The van der Waals surface area contributed by atoms with E-state index < -0.39 is 0 Å². The molecular formula is C27H24N6OS. The molecule has 0 fully saturated rings. The predicted octanol–water partition coefficient (Wildman–Crippen LogP) is 5.19. The van der Waals surface area contributed by atoms with E-state index in [9.17, 15) is 4.79 Å². The lowest BCUT2D eigenvalue weighted by Crippen LogP contribution is -2.24. The standard InChI is InChI=1S/C27H24N6OS/c1-17-4-2-5-18(12-17)14-31-27(34)21-6-3-11-29-26(21)30-15-20-8-10-24(35-20)19-7-9-23-22(13-19)25(28)33-16-32-23/h2-13,16H,14-15H2,1H3,(H,29,30)(H,31,34)(H2,28,32,33). The number of carbonyl (C=O) groups is 1. The number of hydrogen-bond acceptors (Lipinski definition) is 7. The molecule has 7 nitrogen and oxygen atoms in total. The Balaban J connectivity index is 1.27. The molecule has 0 spiro atoms. The van der Waals surface area contributed by atoms with Crippen LogP contribution in [0.2, 0.25) is 0 Å². The lowest BCUT2D eigenvalue weighted by Gasteiger charge is -2.11. The molecule has 1 amide bonds. The molecule has 0 radical (unpaired) electrons. The minimum absolute atomic E-state index is 0.162. The van der Waals surface area contributed by atoms with Crippen LogP contribution in [0.3, 0.4) is 0 Å². The van der Waals surface area contributed by atoms with Gasteiger partial charge in [-0.3, -0.25) is 4.79 Å². The van der Waals surface area contributed by atoms with Gasteiger partial charge in [0.05, 0.1) is 17.6 Å². The van der Waals surface area contributed by atoms with Gasteiger partial charge >= 0.3 is 0 Å². The van der Waals surface area contributed by atoms with Crippen molar-refractivity contribution in [2.45, 2.75) is 20.0 Å². The molecule has 0 saturated carbocycles. The summed E-state index contributed by atoms with van der Waals surface area (Å²) < 4.78 is 0. The zero-order valence-corrected chi connectivity index (χ0v) is 20.0. The number of thiophene rings is 1. The van der Waals surface area contributed by atoms with E-state index in [1.165, 1.54) is 6.33 Å². The van der Waals surface area contributed by atoms with Crippen molar-refractivity contribution in [2.75, 3.05) is 11.1 Å². The third kappa shape index (κ3) is 5.12. The van der Waals surface area contributed by atoms with Gasteiger partial charge in [-0.25, -0.2) is 15.0 Å². The summed E-state index contributed by atoms with van der Waals surface area (Å²) in [5.41, 5.74) is 10.6. The van der Waals surface area contributed by atoms with Crippen molar-refractivity contribution in [3.05, 3.63) is 101 Å². The van der Waals surface area contributed by atoms with Crippen molar-refractivity contribution in [1.82, 2.24) is 20.3 Å². The summed E-state index contributed by atoms with van der Waals surface area (Å²) in [5, 5.41) is 7.15. The maximum absolute atomic E-state index is 12.8. The van der Waals surface area contributed by atoms with Crippen LogP contribution in [0.5, 0.6) is 0 Å². The molecule has 4 N–H and O–H groups in total. The molecule has 0 aliphatic carbocycles. The molecule has 0 aliphatic heterocycles. The van der Waals surface area contributed by atoms with E-state index in [1.807, 2.05) is 43.3 Å². The highest BCUT2D eigenvalue weighted by Crippen LogP contribution is 2.31. The van der Waals surface area contributed by atoms with Crippen LogP contribution in [0.25, 0.3) is 21.3 Å². The first-order valence-corrected chi connectivity index (χ1v) is 12.0. The Morgan fingerprint density at radius 1 is 0.971 bits per heavy atom. The number of hydrogen-bond donors (Lipinski definition) is 3. The van der Waals surface area contributed by atoms with Crippen molar-refractivity contribution in [1.29, 1.82) is 0 Å². The van der Waals surface area contributed by atoms with Gasteiger partial charge in [-0.15, -0.1) is 11.3 Å². The summed E-state index contributed by atoms with van der Waals surface area (Å²) in [6.45, 7) is 3.05. The number of benzene rings is 2. The number of rotatable bonds is 7. The van der Waals surface area contributed by atoms with Gasteiger partial charge in [0.1, 0.15) is 18.0 Å². The van der Waals surface area contributed by atoms with Gasteiger partial charge in [0, 0.05) is 27.9 Å². The zero-order chi connectivity index (χ0) is 24.2. The number of nitrogens with two attached hydrogens (primary N) is 1. The summed E-state index contributed by atoms with van der Waals surface area (Å²) >= 11 is 1.67. The smallest absolute Gasteiger partial charge is 0.255 e. The predicted molar refractivity (Wildman–Crippen MR) is 141 cm³/mol. The molecule has 0 aliphatic rings. The first-order valence-electron chi connectivity index (χ1n) is 11.2. The van der Waals surface area contributed by atoms with Crippen molar-refractivity contribution in [3.63, 3.8) is 0 Å². The minimum Gasteiger partial charge on any atom is -0.383 e. The molecule has 0 unspecified atom stereocenters. The van der Waals surface area contributed by atoms with E-state index in [4.69, 9.17) is 5.73 Å². The molecular weight excluding hydrogens is 456 g/mol. The number of aromatic nitrogens is 3. The van der Waals surface area contributed by atoms with Gasteiger partial charge in [-0.05, 0) is 54.4 Å². The SMILES string of the molecule is Cc1cccc(CNC(=O)c2cccnc2NCc2ccc(-c3ccc4ncnc(N)c4c3)s2)c1. The lowest BCUT2D eigenvalue weighted by atomic mass is 10.1. The van der Waals surface area contributed by atoms with Crippen molar-refractivity contribution >= 4 is 39.8 Å². The van der Waals surface area contributed by atoms with Gasteiger partial charge < -0.3 is 16.4 Å². The minimum atomic E-state index is -0.162. The highest BCUT2D eigenvalue weighted by atomic mass is 32.1. The monoisotopic (exact) mass is 480 g/mol. The van der Waals surface area contributed by atoms with Gasteiger partial charge in [0.2, 0.25) is 0 Å². The molecule has 0 bridgehead atoms. The largest absolute Gasteiger partial charge is 0.383 e. The Labute approximate surface area is 207 Å². The average Bonchev–Trinajstić information content (AvgIpc) is 3.35. The molecule has 2 aromatic carbocycles. The van der Waals surface area contributed by atoms with Crippen molar-refractivity contribution in [3.8, 4) is 10.4 Å². The normalized spacial score (nSPS) is 10.9. The quantitative estimate of drug-likeness (QED) is 0.296. The number of fused-ring (bicyclic) bond motifs is 1. The van der Waals surface area contributed by atoms with Crippen LogP contribution in [0.1, 0.15) is 26.4 Å². The van der Waals surface area contributed by atoms with Crippen molar-refractivity contribution in [2.24, 2.45) is 0 Å². The summed E-state index contributed by atoms with van der Waals surface area (Å²) in [4.78, 5) is 27.8. The van der Waals surface area contributed by atoms with E-state index >= 15 is 0 Å². The fourth-order valence-corrected chi connectivity index (χ4v) is 4.80. The van der Waals surface area contributed by atoms with Crippen LogP contribution in [-0.2, 0) is 13.1 Å². The number of anilines is 2. The van der Waals surface area contributed by atoms with E-state index in [-0.39, 0.29) is 5.91 Å². The van der Waals surface area contributed by atoms with Crippen molar-refractivity contribution < 1.29 is 4.79 Å². The fraction of sp³-hybridized carbons (Fsp3) is 0.111. The van der Waals surface area contributed by atoms with Crippen LogP contribution in [-0.4, -0.2) is 20.9 Å². The second-order valence-electron chi connectivity index (χ2n) is 8.18. The molecule has 5 rings (SSSR count). The Hall–Kier alpha value is -4.30. The Bertz CT molecular complexity index is 1510. The zero-order valence-electron chi connectivity index (χ0n) is 19.2. The highest BCUT2D eigenvalue weighted by molar-refractivity contribution is 7.15. The summed E-state index contributed by atoms with van der Waals surface area (Å²) in [7, 11) is 0. The number of nitrogen functional groups attached to an aromatic ring is 1. The molecule has 3 aromatic heterocycles. The number of carbonyl (C=O) groups excluding carboxylic acids is 1. The number of amides is 1. The van der Waals surface area contributed by atoms with Crippen LogP contribution in [0, 0.1) is 6.92 Å². The molecule has 174 valence electrons. The van der Waals surface area contributed by atoms with Crippen LogP contribution in [0.4, 0.5) is 11.6 Å². The molecule has 0 saturated heterocycles. The molecule has 35 heavy (non-hydrogen) atoms. The highest BCUT2D eigenvalue weighted by Gasteiger charge is 2.13. The van der Waals surface area contributed by atoms with Crippen LogP contribution >= 0.6 is 11.3 Å². The van der Waals surface area contributed by atoms with Gasteiger partial charge in [-0.1, -0.05) is 35.9 Å². The lowest BCUT2D eigenvalue weighted by molar-refractivity contribution is 0.0951. The number of nitrogens with zero attached hydrogens (tertiary/aromatic N) is 3. The van der Waals surface area contributed by atoms with Crippen LogP contribution in [0.15, 0.2) is 79.3 Å². The van der Waals surface area contributed by atoms with E-state index in [0.29, 0.717) is 30.3 Å². The van der Waals surface area contributed by atoms with Gasteiger partial charge in [-0.2, -0.15) is 0 Å². The second-order valence-corrected chi connectivity index (χ2v) is 9.35. The van der Waals surface area contributed by atoms with E-state index in [2.05, 4.69) is 43.8 Å². The fourth-order valence-electron chi connectivity index (χ4n) is 3.86.